The van der Waals surface area contributed by atoms with Crippen molar-refractivity contribution >= 4 is 22.9 Å². The van der Waals surface area contributed by atoms with E-state index in [1.54, 1.807) is 30.8 Å². The van der Waals surface area contributed by atoms with Gasteiger partial charge in [-0.25, -0.2) is 4.98 Å². The summed E-state index contributed by atoms with van der Waals surface area (Å²) in [4.78, 5) is 17.1. The van der Waals surface area contributed by atoms with Crippen molar-refractivity contribution in [1.82, 2.24) is 4.98 Å². The van der Waals surface area contributed by atoms with Crippen molar-refractivity contribution in [2.45, 2.75) is 32.5 Å². The molecule has 0 aliphatic carbocycles. The summed E-state index contributed by atoms with van der Waals surface area (Å²) in [5.41, 5.74) is 4.71. The van der Waals surface area contributed by atoms with Gasteiger partial charge in [-0.05, 0) is 55.7 Å². The molecule has 1 aliphatic heterocycles. The summed E-state index contributed by atoms with van der Waals surface area (Å²) in [6.07, 6.45) is 2.14. The molecule has 2 aromatic carbocycles. The number of amides is 1. The number of carbonyl (C=O) groups excluding carboxylic acids is 1. The van der Waals surface area contributed by atoms with E-state index in [0.717, 1.165) is 30.7 Å². The van der Waals surface area contributed by atoms with Crippen molar-refractivity contribution in [3.8, 4) is 17.2 Å². The molecule has 2 heterocycles. The van der Waals surface area contributed by atoms with Crippen LogP contribution >= 0.6 is 11.3 Å². The molecule has 1 amide bonds. The summed E-state index contributed by atoms with van der Waals surface area (Å²) in [5, 5.41) is 4.87. The number of hydrogen-bond acceptors (Lipinski definition) is 7. The van der Waals surface area contributed by atoms with Gasteiger partial charge in [0.15, 0.2) is 11.5 Å². The molecule has 0 radical (unpaired) electrons. The first-order valence-electron chi connectivity index (χ1n) is 10.5. The molecular formula is C24H26N2O5S. The van der Waals surface area contributed by atoms with E-state index in [1.807, 2.05) is 30.5 Å². The van der Waals surface area contributed by atoms with Gasteiger partial charge in [0.25, 0.3) is 5.91 Å². The van der Waals surface area contributed by atoms with Gasteiger partial charge in [0.1, 0.15) is 19.0 Å². The average Bonchev–Trinajstić information content (AvgIpc) is 3.52. The van der Waals surface area contributed by atoms with E-state index >= 15 is 0 Å². The number of anilines is 1. The van der Waals surface area contributed by atoms with Crippen LogP contribution in [0.1, 0.15) is 34.5 Å². The number of hydrogen-bond donors (Lipinski definition) is 1. The molecule has 1 atom stereocenters. The molecule has 1 fully saturated rings. The largest absolute Gasteiger partial charge is 0.493 e. The molecule has 0 saturated carbocycles. The van der Waals surface area contributed by atoms with E-state index in [1.165, 1.54) is 11.3 Å². The van der Waals surface area contributed by atoms with E-state index in [4.69, 9.17) is 18.9 Å². The maximum Gasteiger partial charge on any atom is 0.255 e. The fraction of sp³-hybridized carbons (Fsp3) is 0.333. The van der Waals surface area contributed by atoms with E-state index in [-0.39, 0.29) is 12.0 Å². The third kappa shape index (κ3) is 5.57. The Bertz CT molecular complexity index is 1050. The summed E-state index contributed by atoms with van der Waals surface area (Å²) in [6.45, 7) is 3.56. The van der Waals surface area contributed by atoms with Crippen LogP contribution in [-0.2, 0) is 11.3 Å². The summed E-state index contributed by atoms with van der Waals surface area (Å²) < 4.78 is 22.8. The van der Waals surface area contributed by atoms with Crippen LogP contribution < -0.4 is 19.5 Å². The first-order chi connectivity index (χ1) is 15.6. The molecule has 4 rings (SSSR count). The zero-order chi connectivity index (χ0) is 22.3. The summed E-state index contributed by atoms with van der Waals surface area (Å²) in [5.74, 6) is 1.39. The summed E-state index contributed by atoms with van der Waals surface area (Å²) in [7, 11) is 1.55. The van der Waals surface area contributed by atoms with Gasteiger partial charge in [0.05, 0.1) is 30.1 Å². The highest BCUT2D eigenvalue weighted by molar-refractivity contribution is 7.07. The molecule has 32 heavy (non-hydrogen) atoms. The van der Waals surface area contributed by atoms with Gasteiger partial charge in [-0.15, -0.1) is 11.3 Å². The molecule has 0 bridgehead atoms. The van der Waals surface area contributed by atoms with Crippen molar-refractivity contribution in [1.29, 1.82) is 0 Å². The number of aryl methyl sites for hydroxylation is 1. The van der Waals surface area contributed by atoms with Gasteiger partial charge in [0.2, 0.25) is 0 Å². The predicted octanol–water partition coefficient (Wildman–Crippen LogP) is 4.85. The number of nitrogens with zero attached hydrogens (tertiary/aromatic N) is 1. The molecule has 1 saturated heterocycles. The third-order valence-electron chi connectivity index (χ3n) is 5.12. The second-order valence-electron chi connectivity index (χ2n) is 7.53. The van der Waals surface area contributed by atoms with Gasteiger partial charge in [0, 0.05) is 17.6 Å². The molecule has 168 valence electrons. The zero-order valence-corrected chi connectivity index (χ0v) is 18.9. The van der Waals surface area contributed by atoms with Gasteiger partial charge < -0.3 is 24.3 Å². The van der Waals surface area contributed by atoms with Crippen LogP contribution in [0.25, 0.3) is 0 Å². The van der Waals surface area contributed by atoms with Crippen molar-refractivity contribution in [2.75, 3.05) is 25.6 Å². The maximum absolute atomic E-state index is 12.9. The number of benzene rings is 2. The average molecular weight is 455 g/mol. The van der Waals surface area contributed by atoms with E-state index in [9.17, 15) is 4.79 Å². The lowest BCUT2D eigenvalue weighted by molar-refractivity contribution is 0.0681. The molecule has 1 aliphatic rings. The minimum absolute atomic E-state index is 0.0974. The van der Waals surface area contributed by atoms with Crippen molar-refractivity contribution in [3.63, 3.8) is 0 Å². The van der Waals surface area contributed by atoms with Gasteiger partial charge >= 0.3 is 0 Å². The van der Waals surface area contributed by atoms with Crippen molar-refractivity contribution in [2.24, 2.45) is 0 Å². The van der Waals surface area contributed by atoms with E-state index < -0.39 is 0 Å². The molecule has 1 aromatic heterocycles. The van der Waals surface area contributed by atoms with Crippen LogP contribution in [-0.4, -0.2) is 37.3 Å². The normalized spacial score (nSPS) is 15.4. The van der Waals surface area contributed by atoms with Crippen LogP contribution in [0.5, 0.6) is 17.2 Å². The molecule has 0 spiro atoms. The molecule has 3 aromatic rings. The highest BCUT2D eigenvalue weighted by Crippen LogP contribution is 2.31. The Morgan fingerprint density at radius 2 is 2.09 bits per heavy atom. The van der Waals surface area contributed by atoms with Crippen LogP contribution in [0.3, 0.4) is 0 Å². The van der Waals surface area contributed by atoms with Gasteiger partial charge in [-0.3, -0.25) is 4.79 Å². The summed E-state index contributed by atoms with van der Waals surface area (Å²) in [6, 6.07) is 10.8. The first-order valence-corrected chi connectivity index (χ1v) is 11.4. The first kappa shape index (κ1) is 22.1. The van der Waals surface area contributed by atoms with Crippen molar-refractivity contribution < 1.29 is 23.7 Å². The lowest BCUT2D eigenvalue weighted by Crippen LogP contribution is -2.18. The minimum atomic E-state index is -0.264. The molecule has 8 heteroatoms. The highest BCUT2D eigenvalue weighted by Gasteiger charge is 2.18. The quantitative estimate of drug-likeness (QED) is 0.498. The predicted molar refractivity (Wildman–Crippen MR) is 123 cm³/mol. The lowest BCUT2D eigenvalue weighted by Gasteiger charge is -2.16. The number of thiazole rings is 1. The summed E-state index contributed by atoms with van der Waals surface area (Å²) >= 11 is 1.51. The Labute approximate surface area is 191 Å². The Balaban J connectivity index is 1.44. The van der Waals surface area contributed by atoms with Crippen LogP contribution in [0.15, 0.2) is 47.3 Å². The Morgan fingerprint density at radius 1 is 1.19 bits per heavy atom. The van der Waals surface area contributed by atoms with Gasteiger partial charge in [-0.2, -0.15) is 0 Å². The van der Waals surface area contributed by atoms with Crippen LogP contribution in [0.4, 0.5) is 5.69 Å². The number of ether oxygens (including phenoxy) is 4. The minimum Gasteiger partial charge on any atom is -0.493 e. The fourth-order valence-corrected chi connectivity index (χ4v) is 3.94. The second kappa shape index (κ2) is 10.5. The Kier molecular flexibility index (Phi) is 7.24. The number of methoxy groups -OCH3 is 1. The SMILES string of the molecule is COc1cc(C(=O)Nc2ccc(C)cc2OCC2CCCO2)ccc1OCc1cscn1. The number of aromatic nitrogens is 1. The molecule has 7 nitrogen and oxygen atoms in total. The fourth-order valence-electron chi connectivity index (χ4n) is 3.39. The molecule has 1 unspecified atom stereocenters. The monoisotopic (exact) mass is 454 g/mol. The number of carbonyl (C=O) groups is 1. The zero-order valence-electron chi connectivity index (χ0n) is 18.1. The highest BCUT2D eigenvalue weighted by atomic mass is 32.1. The third-order valence-corrected chi connectivity index (χ3v) is 5.75. The molecule has 1 N–H and O–H groups in total. The van der Waals surface area contributed by atoms with Crippen molar-refractivity contribution in [3.05, 3.63) is 64.1 Å². The standard InChI is InChI=1S/C24H26N2O5S/c1-16-5-7-20(22(10-16)31-13-19-4-3-9-29-19)26-24(27)17-6-8-21(23(11-17)28-2)30-12-18-14-32-15-25-18/h5-8,10-11,14-15,19H,3-4,9,12-13H2,1-2H3,(H,26,27). The smallest absolute Gasteiger partial charge is 0.255 e. The number of rotatable bonds is 9. The van der Waals surface area contributed by atoms with Gasteiger partial charge in [-0.1, -0.05) is 6.07 Å². The van der Waals surface area contributed by atoms with E-state index in [2.05, 4.69) is 10.3 Å². The Morgan fingerprint density at radius 3 is 2.84 bits per heavy atom. The topological polar surface area (TPSA) is 78.9 Å². The maximum atomic E-state index is 12.9. The van der Waals surface area contributed by atoms with Crippen LogP contribution in [0.2, 0.25) is 0 Å². The van der Waals surface area contributed by atoms with Crippen LogP contribution in [0, 0.1) is 6.92 Å². The van der Waals surface area contributed by atoms with E-state index in [0.29, 0.717) is 41.7 Å². The Hall–Kier alpha value is -3.10. The lowest BCUT2D eigenvalue weighted by atomic mass is 10.1. The number of nitrogens with one attached hydrogen (secondary N) is 1. The second-order valence-corrected chi connectivity index (χ2v) is 8.25. The molecular weight excluding hydrogens is 428 g/mol.